The quantitative estimate of drug-likeness (QED) is 0.117. The van der Waals surface area contributed by atoms with Gasteiger partial charge in [0.1, 0.15) is 11.5 Å². The van der Waals surface area contributed by atoms with Crippen LogP contribution in [0.3, 0.4) is 0 Å². The number of methoxy groups -OCH3 is 1. The van der Waals surface area contributed by atoms with Crippen LogP contribution in [0, 0.1) is 20.4 Å². The number of halogens is 1. The first-order valence-corrected chi connectivity index (χ1v) is 34.7. The number of fused-ring (bicyclic) bond motifs is 8. The van der Waals surface area contributed by atoms with Crippen molar-refractivity contribution in [1.82, 2.24) is 19.6 Å². The topological polar surface area (TPSA) is 72.7 Å². The van der Waals surface area contributed by atoms with Crippen molar-refractivity contribution in [2.75, 3.05) is 66.1 Å². The fourth-order valence-corrected chi connectivity index (χ4v) is 16.0. The number of benzene rings is 8. The van der Waals surface area contributed by atoms with E-state index in [-0.39, 0.29) is 22.4 Å². The highest BCUT2D eigenvalue weighted by Gasteiger charge is 2.46. The summed E-state index contributed by atoms with van der Waals surface area (Å²) in [7, 11) is 1.62. The first kappa shape index (κ1) is 65.5. The van der Waals surface area contributed by atoms with E-state index in [4.69, 9.17) is 46.6 Å². The fraction of sp³-hybridized carbons (Fsp3) is 0.402. The van der Waals surface area contributed by atoms with Crippen LogP contribution >= 0.6 is 11.6 Å². The van der Waals surface area contributed by atoms with Gasteiger partial charge in [-0.2, -0.15) is 0 Å². The molecular weight excluding hydrogens is 1190 g/mol. The van der Waals surface area contributed by atoms with E-state index in [2.05, 4.69) is 190 Å². The molecule has 8 aromatic carbocycles. The largest absolute Gasteiger partial charge is 0.508 e. The zero-order valence-electron chi connectivity index (χ0n) is 55.6. The maximum atomic E-state index is 7.18. The van der Waals surface area contributed by atoms with Gasteiger partial charge in [0, 0.05) is 83.6 Å². The number of piperidine rings is 4. The van der Waals surface area contributed by atoms with Crippen molar-refractivity contribution in [3.05, 3.63) is 276 Å². The average molecular weight is 1280 g/mol. The van der Waals surface area contributed by atoms with Gasteiger partial charge in [0.2, 0.25) is 5.69 Å². The summed E-state index contributed by atoms with van der Waals surface area (Å²) in [6, 6.07) is 64.3. The van der Waals surface area contributed by atoms with Crippen LogP contribution < -0.4 is 9.47 Å². The second-order valence-corrected chi connectivity index (χ2v) is 27.5. The zero-order valence-corrected chi connectivity index (χ0v) is 56.3. The van der Waals surface area contributed by atoms with Crippen molar-refractivity contribution in [1.29, 1.82) is 0 Å². The molecule has 0 aliphatic carbocycles. The Morgan fingerprint density at radius 2 is 0.777 bits per heavy atom. The summed E-state index contributed by atoms with van der Waals surface area (Å²) >= 11 is 6.28. The zero-order chi connectivity index (χ0) is 64.5. The molecule has 0 unspecified atom stereocenters. The molecular formula is C82H92ClN5O6. The number of ether oxygens (including phenoxy) is 6. The van der Waals surface area contributed by atoms with E-state index in [1.807, 2.05) is 37.3 Å². The SMILES string of the molecule is CCOc1cc(CN2CCC3(CC2)OCc2ccccc23)ccc1C.Cc1ccc(CN2CCC3(CC2)OCc2ccccc23)cc1.Clc1ccccc1CN1CCC2(CC1)OCc1ccccc12.[C-]#[N+]c1ccc(CN2CCC3(CC2)OCc2ccccc23)cc1OC. The number of rotatable bonds is 11. The minimum Gasteiger partial charge on any atom is -0.508 e. The molecule has 0 saturated carbocycles. The predicted octanol–water partition coefficient (Wildman–Crippen LogP) is 17.1. The summed E-state index contributed by atoms with van der Waals surface area (Å²) in [5, 5.41) is 0.866. The monoisotopic (exact) mass is 1280 g/mol. The number of hydrogen-bond acceptors (Lipinski definition) is 10. The average Bonchev–Trinajstić information content (AvgIpc) is 1.57. The summed E-state index contributed by atoms with van der Waals surface area (Å²) in [6.07, 6.45) is 8.56. The standard InChI is InChI=1S/C22H27NO2.C21H22N2O2.C20H23NO.C19H20ClNO/c1-3-24-21-14-18(9-8-17(21)2)15-23-12-10-22(11-13-23)20-7-5-4-6-19(20)16-25-22;1-22-19-8-7-16(13-20(19)24-2)14-23-11-9-21(10-12-23)18-6-4-3-5-17(18)15-25-21;1-16-6-8-17(9-7-16)14-21-12-10-20(11-13-21)19-5-3-2-4-18(19)15-22-20;20-18-8-4-2-5-15(18)13-21-11-9-19(10-12-21)17-7-3-1-6-16(17)14-22-19/h4-9,14H,3,10-13,15-16H2,1-2H3;3-8,13H,9-12,14-15H2,2H3;2-9H,10-15H2,1H3;1-8H,9-14H2. The van der Waals surface area contributed by atoms with Gasteiger partial charge < -0.3 is 28.4 Å². The van der Waals surface area contributed by atoms with E-state index < -0.39 is 0 Å². The third-order valence-electron chi connectivity index (χ3n) is 21.3. The summed E-state index contributed by atoms with van der Waals surface area (Å²) in [5.74, 6) is 1.68. The van der Waals surface area contributed by atoms with Gasteiger partial charge >= 0.3 is 0 Å². The molecule has 0 N–H and O–H groups in total. The molecule has 4 spiro atoms. The highest BCUT2D eigenvalue weighted by molar-refractivity contribution is 6.31. The predicted molar refractivity (Wildman–Crippen MR) is 374 cm³/mol. The maximum absolute atomic E-state index is 7.18. The van der Waals surface area contributed by atoms with E-state index in [0.717, 1.165) is 167 Å². The molecule has 4 saturated heterocycles. The molecule has 8 heterocycles. The third kappa shape index (κ3) is 14.5. The molecule has 4 fully saturated rings. The molecule has 0 bridgehead atoms. The van der Waals surface area contributed by atoms with Crippen LogP contribution in [0.25, 0.3) is 4.85 Å². The van der Waals surface area contributed by atoms with Crippen LogP contribution in [0.2, 0.25) is 5.02 Å². The van der Waals surface area contributed by atoms with Crippen molar-refractivity contribution in [3.8, 4) is 11.5 Å². The van der Waals surface area contributed by atoms with E-state index in [9.17, 15) is 0 Å². The first-order chi connectivity index (χ1) is 46.0. The van der Waals surface area contributed by atoms with E-state index >= 15 is 0 Å². The number of hydrogen-bond donors (Lipinski definition) is 0. The van der Waals surface area contributed by atoms with Crippen molar-refractivity contribution < 1.29 is 28.4 Å². The third-order valence-corrected chi connectivity index (χ3v) is 21.7. The minimum absolute atomic E-state index is 0.0135. The molecule has 16 rings (SSSR count). The Bertz CT molecular complexity index is 3910. The Morgan fingerprint density at radius 1 is 0.426 bits per heavy atom. The highest BCUT2D eigenvalue weighted by Crippen LogP contribution is 2.48. The number of aryl methyl sites for hydroxylation is 2. The smallest absolute Gasteiger partial charge is 0.228 e. The minimum atomic E-state index is -0.0846. The molecule has 0 amide bonds. The van der Waals surface area contributed by atoms with Gasteiger partial charge in [-0.1, -0.05) is 181 Å². The molecule has 8 aromatic rings. The van der Waals surface area contributed by atoms with Crippen LogP contribution in [0.1, 0.15) is 136 Å². The summed E-state index contributed by atoms with van der Waals surface area (Å²) < 4.78 is 36.0. The van der Waals surface area contributed by atoms with Gasteiger partial charge in [0.15, 0.2) is 0 Å². The van der Waals surface area contributed by atoms with Crippen molar-refractivity contribution in [3.63, 3.8) is 0 Å². The van der Waals surface area contributed by atoms with E-state index in [1.54, 1.807) is 7.11 Å². The van der Waals surface area contributed by atoms with Crippen LogP contribution in [0.4, 0.5) is 5.69 Å². The van der Waals surface area contributed by atoms with Crippen LogP contribution in [-0.2, 0) is 94.0 Å². The Hall–Kier alpha value is -7.18. The van der Waals surface area contributed by atoms with Gasteiger partial charge in [-0.05, 0) is 163 Å². The lowest BCUT2D eigenvalue weighted by Crippen LogP contribution is -2.42. The molecule has 0 aromatic heterocycles. The molecule has 12 heteroatoms. The molecule has 488 valence electrons. The van der Waals surface area contributed by atoms with E-state index in [0.29, 0.717) is 18.0 Å². The molecule has 8 aliphatic heterocycles. The van der Waals surface area contributed by atoms with Crippen LogP contribution in [-0.4, -0.2) is 85.7 Å². The molecule has 94 heavy (non-hydrogen) atoms. The number of likely N-dealkylation sites (tertiary alicyclic amines) is 4. The van der Waals surface area contributed by atoms with Gasteiger partial charge in [-0.25, -0.2) is 4.85 Å². The Labute approximate surface area is 563 Å². The van der Waals surface area contributed by atoms with Gasteiger partial charge in [0.05, 0.1) is 69.1 Å². The molecule has 8 aliphatic rings. The molecule has 0 radical (unpaired) electrons. The lowest BCUT2D eigenvalue weighted by molar-refractivity contribution is -0.0800. The van der Waals surface area contributed by atoms with Crippen molar-refractivity contribution >= 4 is 17.3 Å². The fourth-order valence-electron chi connectivity index (χ4n) is 15.8. The Morgan fingerprint density at radius 3 is 1.17 bits per heavy atom. The summed E-state index contributed by atoms with van der Waals surface area (Å²) in [6.45, 7) is 29.6. The van der Waals surface area contributed by atoms with Gasteiger partial charge in [-0.3, -0.25) is 19.6 Å². The number of nitrogens with zero attached hydrogens (tertiary/aromatic N) is 5. The first-order valence-electron chi connectivity index (χ1n) is 34.3. The van der Waals surface area contributed by atoms with Crippen molar-refractivity contribution in [2.24, 2.45) is 0 Å². The summed E-state index contributed by atoms with van der Waals surface area (Å²) in [5.41, 5.74) is 19.2. The van der Waals surface area contributed by atoms with Crippen LogP contribution in [0.15, 0.2) is 182 Å². The van der Waals surface area contributed by atoms with Crippen molar-refractivity contribution in [2.45, 2.75) is 147 Å². The van der Waals surface area contributed by atoms with E-state index in [1.165, 1.54) is 77.9 Å². The normalized spacial score (nSPS) is 19.5. The van der Waals surface area contributed by atoms with Gasteiger partial charge in [-0.15, -0.1) is 0 Å². The van der Waals surface area contributed by atoms with Gasteiger partial charge in [0.25, 0.3) is 0 Å². The Balaban J connectivity index is 0.000000114. The lowest BCUT2D eigenvalue weighted by atomic mass is 9.84. The second-order valence-electron chi connectivity index (χ2n) is 27.1. The highest BCUT2D eigenvalue weighted by atomic mass is 35.5. The molecule has 11 nitrogen and oxygen atoms in total. The Kier molecular flexibility index (Phi) is 20.5. The maximum Gasteiger partial charge on any atom is 0.228 e. The van der Waals surface area contributed by atoms with Crippen LogP contribution in [0.5, 0.6) is 11.5 Å². The summed E-state index contributed by atoms with van der Waals surface area (Å²) in [4.78, 5) is 13.5. The lowest BCUT2D eigenvalue weighted by Gasteiger charge is -2.39. The second kappa shape index (κ2) is 29.4. The molecule has 0 atom stereocenters.